The van der Waals surface area contributed by atoms with Crippen molar-refractivity contribution in [3.63, 3.8) is 0 Å². The van der Waals surface area contributed by atoms with Crippen LogP contribution >= 0.6 is 0 Å². The molecule has 0 radical (unpaired) electrons. The van der Waals surface area contributed by atoms with Crippen LogP contribution in [0.2, 0.25) is 0 Å². The van der Waals surface area contributed by atoms with Crippen LogP contribution in [0.5, 0.6) is 17.2 Å². The average Bonchev–Trinajstić information content (AvgIpc) is 3.36. The molecule has 0 unspecified atom stereocenters. The number of nitrogens with zero attached hydrogens (tertiary/aromatic N) is 2. The number of nitrogens with one attached hydrogen (secondary N) is 2. The average molecular weight is 563 g/mol. The molecule has 2 N–H and O–H groups in total. The van der Waals surface area contributed by atoms with Gasteiger partial charge >= 0.3 is 0 Å². The summed E-state index contributed by atoms with van der Waals surface area (Å²) >= 11 is 0. The van der Waals surface area contributed by atoms with Crippen molar-refractivity contribution in [3.05, 3.63) is 53.6 Å². The number of hydrogen-bond donors (Lipinski definition) is 2. The third kappa shape index (κ3) is 6.12. The first-order chi connectivity index (χ1) is 20.0. The molecule has 1 aliphatic carbocycles. The number of amides is 3. The number of hydrogen-bond acceptors (Lipinski definition) is 7. The van der Waals surface area contributed by atoms with E-state index in [9.17, 15) is 14.4 Å². The van der Waals surface area contributed by atoms with Crippen LogP contribution in [0.15, 0.2) is 42.5 Å². The summed E-state index contributed by atoms with van der Waals surface area (Å²) in [6.45, 7) is 3.07. The van der Waals surface area contributed by atoms with Gasteiger partial charge in [-0.3, -0.25) is 19.3 Å². The molecule has 2 aromatic carbocycles. The van der Waals surface area contributed by atoms with Gasteiger partial charge in [-0.1, -0.05) is 18.6 Å². The van der Waals surface area contributed by atoms with Crippen molar-refractivity contribution in [2.24, 2.45) is 5.92 Å². The van der Waals surface area contributed by atoms with Gasteiger partial charge in [0, 0.05) is 50.2 Å². The van der Waals surface area contributed by atoms with Crippen LogP contribution in [0.25, 0.3) is 0 Å². The van der Waals surface area contributed by atoms with Crippen LogP contribution in [0.3, 0.4) is 0 Å². The molecule has 218 valence electrons. The monoisotopic (exact) mass is 562 g/mol. The van der Waals surface area contributed by atoms with Crippen LogP contribution in [0.4, 0.5) is 0 Å². The molecule has 3 amide bonds. The van der Waals surface area contributed by atoms with Crippen LogP contribution in [0.1, 0.15) is 48.0 Å². The molecule has 5 aliphatic rings. The predicted octanol–water partition coefficient (Wildman–Crippen LogP) is 2.36. The molecule has 0 spiro atoms. The second-order valence-corrected chi connectivity index (χ2v) is 11.4. The summed E-state index contributed by atoms with van der Waals surface area (Å²) in [4.78, 5) is 43.0. The van der Waals surface area contributed by atoms with E-state index in [2.05, 4.69) is 15.5 Å². The summed E-state index contributed by atoms with van der Waals surface area (Å²) in [5, 5.41) is 6.05. The first-order valence-electron chi connectivity index (χ1n) is 14.6. The van der Waals surface area contributed by atoms with Gasteiger partial charge in [-0.25, -0.2) is 0 Å². The Labute approximate surface area is 240 Å². The van der Waals surface area contributed by atoms with Crippen LogP contribution in [-0.4, -0.2) is 85.6 Å². The molecule has 10 heteroatoms. The normalized spacial score (nSPS) is 24.3. The molecule has 2 saturated heterocycles. The summed E-state index contributed by atoms with van der Waals surface area (Å²) in [7, 11) is 1.52. The number of carbonyl (C=O) groups is 3. The quantitative estimate of drug-likeness (QED) is 0.591. The van der Waals surface area contributed by atoms with Gasteiger partial charge in [-0.2, -0.15) is 0 Å². The summed E-state index contributed by atoms with van der Waals surface area (Å²) < 4.78 is 17.6. The van der Waals surface area contributed by atoms with E-state index < -0.39 is 0 Å². The number of ether oxygens (including phenoxy) is 3. The highest BCUT2D eigenvalue weighted by molar-refractivity contribution is 5.95. The highest BCUT2D eigenvalue weighted by Crippen LogP contribution is 2.32. The second kappa shape index (κ2) is 12.0. The second-order valence-electron chi connectivity index (χ2n) is 11.4. The lowest BCUT2D eigenvalue weighted by Gasteiger charge is -2.39. The minimum atomic E-state index is -0.278. The van der Waals surface area contributed by atoms with Gasteiger partial charge in [0.15, 0.2) is 18.1 Å². The minimum Gasteiger partial charge on any atom is -0.493 e. The Morgan fingerprint density at radius 1 is 1.00 bits per heavy atom. The zero-order chi connectivity index (χ0) is 28.3. The van der Waals surface area contributed by atoms with Gasteiger partial charge in [0.2, 0.25) is 5.91 Å². The van der Waals surface area contributed by atoms with E-state index in [1.54, 1.807) is 18.2 Å². The maximum Gasteiger partial charge on any atom is 0.258 e. The summed E-state index contributed by atoms with van der Waals surface area (Å²) in [5.74, 6) is 1.52. The zero-order valence-electron chi connectivity index (χ0n) is 23.5. The fraction of sp³-hybridized carbons (Fsp3) is 0.516. The van der Waals surface area contributed by atoms with E-state index in [1.807, 2.05) is 29.2 Å². The molecular formula is C31H38N4O6. The number of carbonyl (C=O) groups excluding carboxylic acids is 3. The minimum absolute atomic E-state index is 0.201. The topological polar surface area (TPSA) is 109 Å². The summed E-state index contributed by atoms with van der Waals surface area (Å²) in [6.07, 6.45) is 4.82. The van der Waals surface area contributed by atoms with E-state index >= 15 is 0 Å². The number of piperidine rings is 1. The smallest absolute Gasteiger partial charge is 0.258 e. The van der Waals surface area contributed by atoms with Crippen molar-refractivity contribution in [3.8, 4) is 17.2 Å². The van der Waals surface area contributed by atoms with Crippen molar-refractivity contribution in [2.45, 2.75) is 56.8 Å². The van der Waals surface area contributed by atoms with Crippen molar-refractivity contribution in [1.82, 2.24) is 20.4 Å². The maximum atomic E-state index is 13.4. The van der Waals surface area contributed by atoms with E-state index in [1.165, 1.54) is 13.5 Å². The highest BCUT2D eigenvalue weighted by Gasteiger charge is 2.40. The Morgan fingerprint density at radius 2 is 1.78 bits per heavy atom. The van der Waals surface area contributed by atoms with Gasteiger partial charge in [-0.05, 0) is 61.6 Å². The Balaban J connectivity index is 1.20. The molecule has 4 bridgehead atoms. The Bertz CT molecular complexity index is 1270. The molecule has 7 rings (SSSR count). The van der Waals surface area contributed by atoms with Gasteiger partial charge in [0.05, 0.1) is 13.2 Å². The third-order valence-electron chi connectivity index (χ3n) is 8.84. The number of rotatable bonds is 3. The predicted molar refractivity (Wildman–Crippen MR) is 151 cm³/mol. The van der Waals surface area contributed by atoms with Gasteiger partial charge in [0.1, 0.15) is 11.9 Å². The molecule has 3 fully saturated rings. The van der Waals surface area contributed by atoms with Crippen molar-refractivity contribution in [2.75, 3.05) is 39.9 Å². The SMILES string of the molecule is COc1ccc2cc1OCC(=O)NCc1ccc(cc1)O[C@H]1CN(C3CCN(C(=O)C4CCC4)CC3)C[C@@H]1NC2=O. The first-order valence-corrected chi connectivity index (χ1v) is 14.6. The molecule has 1 saturated carbocycles. The Morgan fingerprint density at radius 3 is 2.49 bits per heavy atom. The molecule has 4 heterocycles. The number of fused-ring (bicyclic) bond motifs is 7. The molecule has 0 aromatic heterocycles. The molecule has 10 nitrogen and oxygen atoms in total. The third-order valence-corrected chi connectivity index (χ3v) is 8.84. The molecule has 4 aliphatic heterocycles. The van der Waals surface area contributed by atoms with Crippen molar-refractivity contribution < 1.29 is 28.6 Å². The Hall–Kier alpha value is -3.79. The van der Waals surface area contributed by atoms with Crippen LogP contribution in [-0.2, 0) is 16.1 Å². The molecular weight excluding hydrogens is 524 g/mol. The highest BCUT2D eigenvalue weighted by atomic mass is 16.5. The Kier molecular flexibility index (Phi) is 8.00. The lowest BCUT2D eigenvalue weighted by atomic mass is 9.84. The van der Waals surface area contributed by atoms with Gasteiger partial charge < -0.3 is 29.7 Å². The number of likely N-dealkylation sites (tertiary alicyclic amines) is 2. The standard InChI is InChI=1S/C31H38N4O6/c1-39-26-10-7-22-15-27(26)40-19-29(36)32-16-20-5-8-24(9-6-20)41-28-18-35(17-25(28)33-30(22)37)23-11-13-34(14-12-23)31(38)21-3-2-4-21/h5-10,15,21,23,25,28H,2-4,11-14,16-19H2,1H3,(H,32,36)(H,33,37)/t25-,28-/m0/s1. The fourth-order valence-corrected chi connectivity index (χ4v) is 6.16. The van der Waals surface area contributed by atoms with E-state index in [0.717, 1.165) is 44.3 Å². The largest absolute Gasteiger partial charge is 0.493 e. The molecule has 2 atom stereocenters. The molecule has 41 heavy (non-hydrogen) atoms. The lowest BCUT2D eigenvalue weighted by molar-refractivity contribution is -0.139. The van der Waals surface area contributed by atoms with E-state index in [-0.39, 0.29) is 36.5 Å². The summed E-state index contributed by atoms with van der Waals surface area (Å²) in [6, 6.07) is 12.7. The van der Waals surface area contributed by atoms with Crippen LogP contribution in [0, 0.1) is 5.92 Å². The van der Waals surface area contributed by atoms with Crippen molar-refractivity contribution >= 4 is 17.7 Å². The summed E-state index contributed by atoms with van der Waals surface area (Å²) in [5.41, 5.74) is 1.35. The lowest BCUT2D eigenvalue weighted by Crippen LogP contribution is -2.49. The fourth-order valence-electron chi connectivity index (χ4n) is 6.16. The number of benzene rings is 2. The number of methoxy groups -OCH3 is 1. The van der Waals surface area contributed by atoms with E-state index in [4.69, 9.17) is 14.2 Å². The van der Waals surface area contributed by atoms with Crippen LogP contribution < -0.4 is 24.8 Å². The first kappa shape index (κ1) is 27.4. The van der Waals surface area contributed by atoms with Gasteiger partial charge in [0.25, 0.3) is 11.8 Å². The van der Waals surface area contributed by atoms with E-state index in [0.29, 0.717) is 54.4 Å². The zero-order valence-corrected chi connectivity index (χ0v) is 23.5. The molecule has 2 aromatic rings. The van der Waals surface area contributed by atoms with Crippen molar-refractivity contribution in [1.29, 1.82) is 0 Å². The van der Waals surface area contributed by atoms with Gasteiger partial charge in [-0.15, -0.1) is 0 Å². The maximum absolute atomic E-state index is 13.4.